The van der Waals surface area contributed by atoms with Gasteiger partial charge in [0.05, 0.1) is 0 Å². The standard InChI is InChI=1S/C32H38ClFN5O2P/c1-8-28(40)37-18-21(3)38(19-20(37)2)31-23-17-25(33)29(22-13-9-11-15-26(22)34)35-30(23)39(42(7,41)36-31)27-16-12-10-14-24(27)32(4,5)6/h8-17,20-21,41-42H,1,18-19H2,2-7H3/t20-,21+/m1/s1. The number of amidine groups is 1. The maximum absolute atomic E-state index is 15.0. The number of piperazine rings is 1. The molecule has 10 heteroatoms. The second kappa shape index (κ2) is 11.1. The summed E-state index contributed by atoms with van der Waals surface area (Å²) in [6.07, 6.45) is 1.34. The summed E-state index contributed by atoms with van der Waals surface area (Å²) in [5, 5.41) is 0.278. The first-order valence-electron chi connectivity index (χ1n) is 14.1. The molecule has 2 atom stereocenters. The van der Waals surface area contributed by atoms with Crippen molar-refractivity contribution >= 4 is 42.6 Å². The molecule has 1 amide bonds. The predicted molar refractivity (Wildman–Crippen MR) is 172 cm³/mol. The molecule has 0 spiro atoms. The Labute approximate surface area is 252 Å². The Kier molecular flexibility index (Phi) is 7.94. The van der Waals surface area contributed by atoms with Gasteiger partial charge in [-0.15, -0.1) is 0 Å². The number of para-hydroxylation sites is 1. The van der Waals surface area contributed by atoms with Crippen LogP contribution in [0.3, 0.4) is 0 Å². The SMILES string of the molecule is C=CC(=O)N1C[C@H](C)N(C2=N[PH](C)(O)N(c3ccccc3C(C)(C)C)c3nc(-c4ccccc4F)c(Cl)cc32)C[C@H]1C. The van der Waals surface area contributed by atoms with E-state index in [0.717, 1.165) is 11.3 Å². The zero-order valence-electron chi connectivity index (χ0n) is 24.9. The van der Waals surface area contributed by atoms with Crippen LogP contribution < -0.4 is 4.67 Å². The molecule has 0 saturated carbocycles. The molecule has 1 aromatic heterocycles. The predicted octanol–water partition coefficient (Wildman–Crippen LogP) is 6.96. The Hall–Kier alpha value is -3.32. The topological polar surface area (TPSA) is 72.3 Å². The number of anilines is 2. The number of benzene rings is 2. The van der Waals surface area contributed by atoms with Gasteiger partial charge in [-0.05, 0) is 0 Å². The maximum atomic E-state index is 15.0. The second-order valence-electron chi connectivity index (χ2n) is 12.2. The monoisotopic (exact) mass is 609 g/mol. The summed E-state index contributed by atoms with van der Waals surface area (Å²) in [6.45, 7) is 16.7. The first-order valence-corrected chi connectivity index (χ1v) is 16.8. The fourth-order valence-corrected chi connectivity index (χ4v) is 8.10. The van der Waals surface area contributed by atoms with Crippen molar-refractivity contribution in [3.63, 3.8) is 0 Å². The van der Waals surface area contributed by atoms with Crippen molar-refractivity contribution in [3.05, 3.63) is 89.2 Å². The van der Waals surface area contributed by atoms with E-state index in [2.05, 4.69) is 32.3 Å². The molecule has 5 rings (SSSR count). The first kappa shape index (κ1) is 30.1. The normalized spacial score (nSPS) is 21.0. The van der Waals surface area contributed by atoms with E-state index in [-0.39, 0.29) is 34.0 Å². The summed E-state index contributed by atoms with van der Waals surface area (Å²) in [4.78, 5) is 33.7. The number of aromatic nitrogens is 1. The van der Waals surface area contributed by atoms with Crippen LogP contribution in [0.1, 0.15) is 45.7 Å². The number of fused-ring (bicyclic) bond motifs is 1. The van der Waals surface area contributed by atoms with Crippen molar-refractivity contribution in [2.75, 3.05) is 24.4 Å². The number of amides is 1. The van der Waals surface area contributed by atoms with Gasteiger partial charge in [-0.25, -0.2) is 0 Å². The Bertz CT molecular complexity index is 1590. The van der Waals surface area contributed by atoms with Crippen molar-refractivity contribution in [1.82, 2.24) is 14.8 Å². The van der Waals surface area contributed by atoms with Crippen molar-refractivity contribution in [3.8, 4) is 11.3 Å². The van der Waals surface area contributed by atoms with Crippen molar-refractivity contribution in [1.29, 1.82) is 0 Å². The van der Waals surface area contributed by atoms with E-state index in [9.17, 15) is 9.69 Å². The molecule has 0 unspecified atom stereocenters. The summed E-state index contributed by atoms with van der Waals surface area (Å²) >= 11 is 6.85. The van der Waals surface area contributed by atoms with Crippen molar-refractivity contribution in [2.45, 2.75) is 52.1 Å². The number of pyridine rings is 1. The van der Waals surface area contributed by atoms with Gasteiger partial charge in [0.15, 0.2) is 0 Å². The molecular weight excluding hydrogens is 572 g/mol. The van der Waals surface area contributed by atoms with Crippen molar-refractivity contribution < 1.29 is 14.1 Å². The number of hydrogen-bond donors (Lipinski definition) is 1. The number of hydrogen-bond acceptors (Lipinski definition) is 6. The van der Waals surface area contributed by atoms with Crippen LogP contribution in [0, 0.1) is 5.82 Å². The summed E-state index contributed by atoms with van der Waals surface area (Å²) < 4.78 is 22.0. The van der Waals surface area contributed by atoms with Gasteiger partial charge >= 0.3 is 253 Å². The number of nitrogens with zero attached hydrogens (tertiary/aromatic N) is 5. The summed E-state index contributed by atoms with van der Waals surface area (Å²) in [6, 6.07) is 15.9. The van der Waals surface area contributed by atoms with Gasteiger partial charge in [-0.3, -0.25) is 0 Å². The number of halogens is 2. The van der Waals surface area contributed by atoms with Crippen LogP contribution >= 0.6 is 19.4 Å². The summed E-state index contributed by atoms with van der Waals surface area (Å²) in [7, 11) is -3.64. The van der Waals surface area contributed by atoms with Gasteiger partial charge in [0.25, 0.3) is 0 Å². The molecule has 0 aliphatic carbocycles. The van der Waals surface area contributed by atoms with E-state index in [4.69, 9.17) is 21.3 Å². The van der Waals surface area contributed by atoms with Gasteiger partial charge < -0.3 is 0 Å². The summed E-state index contributed by atoms with van der Waals surface area (Å²) in [5.74, 6) is 0.490. The van der Waals surface area contributed by atoms with Crippen molar-refractivity contribution in [2.24, 2.45) is 4.76 Å². The number of rotatable bonds is 3. The van der Waals surface area contributed by atoms with E-state index in [0.29, 0.717) is 36.0 Å². The van der Waals surface area contributed by atoms with Crippen LogP contribution in [0.2, 0.25) is 5.02 Å². The van der Waals surface area contributed by atoms with E-state index >= 15 is 4.39 Å². The molecule has 1 fully saturated rings. The van der Waals surface area contributed by atoms with Crippen LogP contribution in [0.4, 0.5) is 15.9 Å². The third-order valence-corrected chi connectivity index (χ3v) is 10.2. The molecule has 1 N–H and O–H groups in total. The minimum atomic E-state index is -3.64. The van der Waals surface area contributed by atoms with Gasteiger partial charge in [0.1, 0.15) is 0 Å². The quantitative estimate of drug-likeness (QED) is 0.257. The zero-order valence-corrected chi connectivity index (χ0v) is 26.7. The number of carbonyl (C=O) groups excluding carboxylic acids is 1. The second-order valence-corrected chi connectivity index (χ2v) is 15.2. The average Bonchev–Trinajstić information content (AvgIpc) is 2.93. The Morgan fingerprint density at radius 3 is 2.43 bits per heavy atom. The zero-order chi connectivity index (χ0) is 30.6. The Morgan fingerprint density at radius 1 is 1.10 bits per heavy atom. The van der Waals surface area contributed by atoms with Crippen LogP contribution in [-0.2, 0) is 10.2 Å². The van der Waals surface area contributed by atoms with Gasteiger partial charge in [-0.1, -0.05) is 0 Å². The molecule has 0 bridgehead atoms. The van der Waals surface area contributed by atoms with Gasteiger partial charge in [0.2, 0.25) is 0 Å². The van der Waals surface area contributed by atoms with Crippen LogP contribution in [0.15, 0.2) is 72.0 Å². The van der Waals surface area contributed by atoms with E-state index in [1.165, 1.54) is 12.1 Å². The molecule has 222 valence electrons. The Balaban J connectivity index is 1.75. The molecule has 0 radical (unpaired) electrons. The molecule has 3 aromatic rings. The Morgan fingerprint density at radius 2 is 1.76 bits per heavy atom. The minimum absolute atomic E-state index is 0.111. The van der Waals surface area contributed by atoms with Crippen LogP contribution in [0.5, 0.6) is 0 Å². The molecule has 7 nitrogen and oxygen atoms in total. The fourth-order valence-electron chi connectivity index (χ4n) is 5.88. The molecule has 42 heavy (non-hydrogen) atoms. The van der Waals surface area contributed by atoms with E-state index < -0.39 is 13.6 Å². The molecule has 1 saturated heterocycles. The van der Waals surface area contributed by atoms with Gasteiger partial charge in [0, 0.05) is 0 Å². The number of carbonyl (C=O) groups is 1. The van der Waals surface area contributed by atoms with E-state index in [1.807, 2.05) is 42.8 Å². The molecular formula is C32H38ClFN5O2P. The summed E-state index contributed by atoms with van der Waals surface area (Å²) in [5.41, 5.74) is 2.78. The van der Waals surface area contributed by atoms with Crippen LogP contribution in [-0.4, -0.2) is 63.3 Å². The molecule has 3 heterocycles. The van der Waals surface area contributed by atoms with Crippen LogP contribution in [0.25, 0.3) is 11.3 Å². The molecule has 2 aromatic carbocycles. The van der Waals surface area contributed by atoms with E-state index in [1.54, 1.807) is 35.8 Å². The fraction of sp³-hybridized carbons (Fsp3) is 0.344. The molecule has 2 aliphatic heterocycles. The molecule has 2 aliphatic rings. The third kappa shape index (κ3) is 5.32. The van der Waals surface area contributed by atoms with Gasteiger partial charge in [-0.2, -0.15) is 0 Å². The third-order valence-electron chi connectivity index (χ3n) is 7.95. The first-order chi connectivity index (χ1) is 19.7. The average molecular weight is 610 g/mol.